The zero-order chi connectivity index (χ0) is 14.5. The molecule has 0 aliphatic heterocycles. The number of aliphatic hydroxyl groups is 1. The van der Waals surface area contributed by atoms with Gasteiger partial charge in [0.2, 0.25) is 0 Å². The molecule has 0 fully saturated rings. The van der Waals surface area contributed by atoms with Gasteiger partial charge in [-0.05, 0) is 60.8 Å². The van der Waals surface area contributed by atoms with E-state index in [1.165, 1.54) is 5.56 Å². The van der Waals surface area contributed by atoms with Crippen molar-refractivity contribution >= 4 is 15.9 Å². The molecule has 2 N–H and O–H groups in total. The van der Waals surface area contributed by atoms with Gasteiger partial charge < -0.3 is 15.2 Å². The molecule has 0 aliphatic carbocycles. The molecule has 0 amide bonds. The monoisotopic (exact) mass is 329 g/mol. The molecule has 1 atom stereocenters. The summed E-state index contributed by atoms with van der Waals surface area (Å²) in [5.41, 5.74) is 1.22. The first kappa shape index (κ1) is 16.5. The number of hydrogen-bond donors (Lipinski definition) is 2. The van der Waals surface area contributed by atoms with Crippen molar-refractivity contribution < 1.29 is 9.84 Å². The summed E-state index contributed by atoms with van der Waals surface area (Å²) in [6.07, 6.45) is 0.503. The van der Waals surface area contributed by atoms with Gasteiger partial charge in [-0.2, -0.15) is 0 Å². The van der Waals surface area contributed by atoms with Crippen LogP contribution in [-0.2, 0) is 0 Å². The first-order valence-electron chi connectivity index (χ1n) is 6.66. The molecule has 0 aromatic heterocycles. The molecule has 1 aromatic rings. The van der Waals surface area contributed by atoms with E-state index in [-0.39, 0.29) is 12.1 Å². The topological polar surface area (TPSA) is 41.5 Å². The van der Waals surface area contributed by atoms with E-state index >= 15 is 0 Å². The van der Waals surface area contributed by atoms with Crippen LogP contribution in [0.2, 0.25) is 0 Å². The molecule has 19 heavy (non-hydrogen) atoms. The van der Waals surface area contributed by atoms with Crippen molar-refractivity contribution in [3.8, 4) is 5.75 Å². The zero-order valence-corrected chi connectivity index (χ0v) is 13.8. The maximum Gasteiger partial charge on any atom is 0.133 e. The van der Waals surface area contributed by atoms with E-state index in [0.29, 0.717) is 6.54 Å². The van der Waals surface area contributed by atoms with Crippen molar-refractivity contribution in [2.24, 2.45) is 0 Å². The van der Waals surface area contributed by atoms with Crippen LogP contribution in [0.5, 0.6) is 5.75 Å². The number of hydrogen-bond acceptors (Lipinski definition) is 3. The third kappa shape index (κ3) is 5.93. The highest BCUT2D eigenvalue weighted by molar-refractivity contribution is 9.10. The maximum atomic E-state index is 9.91. The molecule has 108 valence electrons. The zero-order valence-electron chi connectivity index (χ0n) is 12.2. The number of aryl methyl sites for hydroxylation is 1. The summed E-state index contributed by atoms with van der Waals surface area (Å²) < 4.78 is 6.53. The number of rotatable bonds is 7. The van der Waals surface area contributed by atoms with Crippen molar-refractivity contribution in [2.75, 3.05) is 13.2 Å². The number of aliphatic hydroxyl groups excluding tert-OH is 1. The third-order valence-electron chi connectivity index (χ3n) is 3.22. The van der Waals surface area contributed by atoms with E-state index < -0.39 is 6.10 Å². The minimum absolute atomic E-state index is 0.0470. The fraction of sp³-hybridized carbons (Fsp3) is 0.600. The lowest BCUT2D eigenvalue weighted by Gasteiger charge is -2.26. The van der Waals surface area contributed by atoms with Crippen molar-refractivity contribution in [3.05, 3.63) is 28.2 Å². The van der Waals surface area contributed by atoms with Crippen molar-refractivity contribution in [1.82, 2.24) is 5.32 Å². The highest BCUT2D eigenvalue weighted by atomic mass is 79.9. The first-order valence-corrected chi connectivity index (χ1v) is 7.45. The van der Waals surface area contributed by atoms with Gasteiger partial charge in [-0.15, -0.1) is 0 Å². The predicted octanol–water partition coefficient (Wildman–Crippen LogP) is 3.28. The Morgan fingerprint density at radius 1 is 1.42 bits per heavy atom. The predicted molar refractivity (Wildman–Crippen MR) is 82.8 cm³/mol. The van der Waals surface area contributed by atoms with Crippen LogP contribution in [0.3, 0.4) is 0 Å². The van der Waals surface area contributed by atoms with Crippen LogP contribution in [-0.4, -0.2) is 29.9 Å². The Morgan fingerprint density at radius 3 is 2.68 bits per heavy atom. The molecule has 1 rings (SSSR count). The summed E-state index contributed by atoms with van der Waals surface area (Å²) >= 11 is 3.46. The molecule has 0 saturated carbocycles. The van der Waals surface area contributed by atoms with E-state index in [0.717, 1.165) is 16.6 Å². The van der Waals surface area contributed by atoms with Crippen LogP contribution in [0.1, 0.15) is 32.8 Å². The van der Waals surface area contributed by atoms with Gasteiger partial charge in [-0.25, -0.2) is 0 Å². The van der Waals surface area contributed by atoms with Crippen LogP contribution in [0.4, 0.5) is 0 Å². The van der Waals surface area contributed by atoms with E-state index in [1.807, 2.05) is 25.1 Å². The van der Waals surface area contributed by atoms with Gasteiger partial charge >= 0.3 is 0 Å². The second kappa shape index (κ2) is 7.27. The van der Waals surface area contributed by atoms with Gasteiger partial charge in [0.05, 0.1) is 4.47 Å². The van der Waals surface area contributed by atoms with Crippen LogP contribution in [0, 0.1) is 6.92 Å². The van der Waals surface area contributed by atoms with E-state index in [1.54, 1.807) is 0 Å². The molecule has 0 heterocycles. The minimum Gasteiger partial charge on any atom is -0.490 e. The molecule has 4 heteroatoms. The normalized spacial score (nSPS) is 13.4. The summed E-state index contributed by atoms with van der Waals surface area (Å²) in [6.45, 7) is 9.21. The molecule has 0 bridgehead atoms. The average molecular weight is 330 g/mol. The number of nitrogens with one attached hydrogen (secondary N) is 1. The quantitative estimate of drug-likeness (QED) is 0.806. The largest absolute Gasteiger partial charge is 0.490 e. The molecule has 0 spiro atoms. The van der Waals surface area contributed by atoms with E-state index in [2.05, 4.69) is 42.0 Å². The number of benzene rings is 1. The SMILES string of the molecule is CCC(C)(C)NCC(O)COc1ccc(C)cc1Br. The Bertz CT molecular complexity index is 407. The molecular weight excluding hydrogens is 306 g/mol. The lowest BCUT2D eigenvalue weighted by Crippen LogP contribution is -2.44. The Hall–Kier alpha value is -0.580. The highest BCUT2D eigenvalue weighted by Crippen LogP contribution is 2.25. The number of ether oxygens (including phenoxy) is 1. The molecule has 0 aliphatic rings. The van der Waals surface area contributed by atoms with Gasteiger partial charge in [-0.3, -0.25) is 0 Å². The lowest BCUT2D eigenvalue weighted by atomic mass is 10.0. The van der Waals surface area contributed by atoms with E-state index in [4.69, 9.17) is 4.74 Å². The van der Waals surface area contributed by atoms with Crippen LogP contribution < -0.4 is 10.1 Å². The molecule has 0 radical (unpaired) electrons. The van der Waals surface area contributed by atoms with Crippen LogP contribution in [0.25, 0.3) is 0 Å². The Morgan fingerprint density at radius 2 is 2.11 bits per heavy atom. The summed E-state index contributed by atoms with van der Waals surface area (Å²) in [4.78, 5) is 0. The minimum atomic E-state index is -0.515. The smallest absolute Gasteiger partial charge is 0.133 e. The van der Waals surface area contributed by atoms with Crippen LogP contribution >= 0.6 is 15.9 Å². The fourth-order valence-corrected chi connectivity index (χ4v) is 2.09. The molecule has 1 unspecified atom stereocenters. The fourth-order valence-electron chi connectivity index (χ4n) is 1.49. The Labute approximate surface area is 124 Å². The van der Waals surface area contributed by atoms with Gasteiger partial charge in [-0.1, -0.05) is 13.0 Å². The second-order valence-corrected chi connectivity index (χ2v) is 6.37. The summed E-state index contributed by atoms with van der Waals surface area (Å²) in [7, 11) is 0. The van der Waals surface area contributed by atoms with Gasteiger partial charge in [0.25, 0.3) is 0 Å². The van der Waals surface area contributed by atoms with Crippen molar-refractivity contribution in [1.29, 1.82) is 0 Å². The Kier molecular flexibility index (Phi) is 6.30. The van der Waals surface area contributed by atoms with Gasteiger partial charge in [0.1, 0.15) is 18.5 Å². The van der Waals surface area contributed by atoms with E-state index in [9.17, 15) is 5.11 Å². The standard InChI is InChI=1S/C15H24BrNO2/c1-5-15(3,4)17-9-12(18)10-19-14-7-6-11(2)8-13(14)16/h6-8,12,17-18H,5,9-10H2,1-4H3. The first-order chi connectivity index (χ1) is 8.84. The summed E-state index contributed by atoms with van der Waals surface area (Å²) in [6, 6.07) is 5.90. The molecular formula is C15H24BrNO2. The highest BCUT2D eigenvalue weighted by Gasteiger charge is 2.16. The maximum absolute atomic E-state index is 9.91. The van der Waals surface area contributed by atoms with Gasteiger partial charge in [0.15, 0.2) is 0 Å². The third-order valence-corrected chi connectivity index (χ3v) is 3.84. The number of β-amino-alcohol motifs (C(OH)–C–C–N with tert-alkyl or cyclic N) is 1. The number of halogens is 1. The average Bonchev–Trinajstić information content (AvgIpc) is 2.35. The summed E-state index contributed by atoms with van der Waals surface area (Å²) in [5.74, 6) is 0.763. The lowest BCUT2D eigenvalue weighted by molar-refractivity contribution is 0.0982. The van der Waals surface area contributed by atoms with Gasteiger partial charge in [0, 0.05) is 12.1 Å². The molecule has 1 aromatic carbocycles. The van der Waals surface area contributed by atoms with Crippen molar-refractivity contribution in [3.63, 3.8) is 0 Å². The Balaban J connectivity index is 2.40. The molecule has 0 saturated heterocycles. The molecule has 3 nitrogen and oxygen atoms in total. The van der Waals surface area contributed by atoms with Crippen LogP contribution in [0.15, 0.2) is 22.7 Å². The second-order valence-electron chi connectivity index (χ2n) is 5.52. The summed E-state index contributed by atoms with van der Waals surface area (Å²) in [5, 5.41) is 13.2. The van der Waals surface area contributed by atoms with Crippen molar-refractivity contribution in [2.45, 2.75) is 45.8 Å².